The van der Waals surface area contributed by atoms with Crippen molar-refractivity contribution in [2.45, 2.75) is 57.9 Å². The van der Waals surface area contributed by atoms with Crippen LogP contribution in [0.5, 0.6) is 0 Å². The number of hydrogen-bond acceptors (Lipinski definition) is 5. The van der Waals surface area contributed by atoms with E-state index in [4.69, 9.17) is 0 Å². The predicted molar refractivity (Wildman–Crippen MR) is 102 cm³/mol. The van der Waals surface area contributed by atoms with E-state index in [1.165, 1.54) is 9.78 Å². The van der Waals surface area contributed by atoms with E-state index in [2.05, 4.69) is 16.9 Å². The molecule has 1 aliphatic heterocycles. The summed E-state index contributed by atoms with van der Waals surface area (Å²) in [6.45, 7) is 2.71. The van der Waals surface area contributed by atoms with Crippen LogP contribution in [0.3, 0.4) is 0 Å². The number of carboxylic acid groups (broad SMARTS) is 1. The number of H-pyrrole nitrogens is 1. The third-order valence-corrected chi connectivity index (χ3v) is 6.80. The summed E-state index contributed by atoms with van der Waals surface area (Å²) in [5.41, 5.74) is 1.02. The maximum Gasteiger partial charge on any atom is 0.326 e. The molecular weight excluding hydrogens is 366 g/mol. The minimum absolute atomic E-state index is 0.126. The lowest BCUT2D eigenvalue weighted by atomic mass is 9.89. The van der Waals surface area contributed by atoms with Gasteiger partial charge in [0.05, 0.1) is 5.39 Å². The molecule has 4 rings (SSSR count). The van der Waals surface area contributed by atoms with Crippen molar-refractivity contribution in [2.75, 3.05) is 6.54 Å². The zero-order valence-corrected chi connectivity index (χ0v) is 16.1. The fraction of sp³-hybridized carbons (Fsp3) is 0.579. The SMILES string of the molecule is CC1CCc2c(sc3nc(CCC(=O)N4CCCC4C(=O)O)[nH]c(=O)c23)C1. The molecule has 27 heavy (non-hydrogen) atoms. The highest BCUT2D eigenvalue weighted by atomic mass is 32.1. The molecule has 1 fully saturated rings. The maximum atomic E-state index is 12.6. The molecular formula is C19H23N3O4S. The van der Waals surface area contributed by atoms with E-state index in [0.717, 1.165) is 29.7 Å². The van der Waals surface area contributed by atoms with Crippen LogP contribution in [0.1, 0.15) is 48.9 Å². The van der Waals surface area contributed by atoms with Crippen LogP contribution in [0.25, 0.3) is 10.2 Å². The Balaban J connectivity index is 1.52. The normalized spacial score (nSPS) is 22.2. The number of nitrogens with one attached hydrogen (secondary N) is 1. The highest BCUT2D eigenvalue weighted by molar-refractivity contribution is 7.18. The molecule has 0 saturated carbocycles. The molecule has 0 bridgehead atoms. The predicted octanol–water partition coefficient (Wildman–Crippen LogP) is 2.12. The first-order valence-electron chi connectivity index (χ1n) is 9.49. The van der Waals surface area contributed by atoms with Gasteiger partial charge in [-0.2, -0.15) is 0 Å². The fourth-order valence-corrected chi connectivity index (χ4v) is 5.61. The van der Waals surface area contributed by atoms with Crippen molar-refractivity contribution >= 4 is 33.4 Å². The lowest BCUT2D eigenvalue weighted by Gasteiger charge is -2.21. The minimum atomic E-state index is -0.952. The Morgan fingerprint density at radius 1 is 1.37 bits per heavy atom. The third kappa shape index (κ3) is 3.38. The molecule has 0 radical (unpaired) electrons. The van der Waals surface area contributed by atoms with Crippen molar-refractivity contribution < 1.29 is 14.7 Å². The number of rotatable bonds is 4. The van der Waals surface area contributed by atoms with Crippen molar-refractivity contribution in [1.29, 1.82) is 0 Å². The van der Waals surface area contributed by atoms with Gasteiger partial charge < -0.3 is 15.0 Å². The number of carbonyl (C=O) groups excluding carboxylic acids is 1. The number of aromatic nitrogens is 2. The van der Waals surface area contributed by atoms with Gasteiger partial charge in [-0.15, -0.1) is 11.3 Å². The van der Waals surface area contributed by atoms with Gasteiger partial charge >= 0.3 is 5.97 Å². The second-order valence-electron chi connectivity index (χ2n) is 7.63. The molecule has 0 aromatic carbocycles. The van der Waals surface area contributed by atoms with Crippen LogP contribution in [-0.4, -0.2) is 44.4 Å². The second-order valence-corrected chi connectivity index (χ2v) is 8.71. The average molecular weight is 389 g/mol. The Morgan fingerprint density at radius 3 is 2.96 bits per heavy atom. The smallest absolute Gasteiger partial charge is 0.326 e. The number of carboxylic acids is 1. The molecule has 7 nitrogen and oxygen atoms in total. The van der Waals surface area contributed by atoms with E-state index < -0.39 is 12.0 Å². The molecule has 1 aliphatic carbocycles. The van der Waals surface area contributed by atoms with Crippen LogP contribution in [0.4, 0.5) is 0 Å². The zero-order valence-electron chi connectivity index (χ0n) is 15.3. The van der Waals surface area contributed by atoms with Crippen LogP contribution in [0, 0.1) is 5.92 Å². The molecule has 2 N–H and O–H groups in total. The summed E-state index contributed by atoms with van der Waals surface area (Å²) in [4.78, 5) is 47.1. The number of fused-ring (bicyclic) bond motifs is 3. The molecule has 1 amide bonds. The van der Waals surface area contributed by atoms with Crippen LogP contribution in [-0.2, 0) is 28.9 Å². The van der Waals surface area contributed by atoms with Crippen LogP contribution in [0.15, 0.2) is 4.79 Å². The van der Waals surface area contributed by atoms with Gasteiger partial charge in [0.1, 0.15) is 16.7 Å². The molecule has 0 spiro atoms. The molecule has 144 valence electrons. The molecule has 1 saturated heterocycles. The molecule has 2 atom stereocenters. The highest BCUT2D eigenvalue weighted by Crippen LogP contribution is 2.35. The van der Waals surface area contributed by atoms with Crippen molar-refractivity contribution in [2.24, 2.45) is 5.92 Å². The second kappa shape index (κ2) is 7.07. The summed E-state index contributed by atoms with van der Waals surface area (Å²) in [6.07, 6.45) is 4.69. The van der Waals surface area contributed by atoms with E-state index in [1.54, 1.807) is 11.3 Å². The van der Waals surface area contributed by atoms with Crippen molar-refractivity contribution in [3.63, 3.8) is 0 Å². The number of hydrogen-bond donors (Lipinski definition) is 2. The zero-order chi connectivity index (χ0) is 19.1. The first kappa shape index (κ1) is 18.2. The quantitative estimate of drug-likeness (QED) is 0.834. The fourth-order valence-electron chi connectivity index (χ4n) is 4.20. The summed E-state index contributed by atoms with van der Waals surface area (Å²) in [5.74, 6) is -0.0166. The van der Waals surface area contributed by atoms with E-state index in [1.807, 2.05) is 0 Å². The third-order valence-electron chi connectivity index (χ3n) is 5.65. The van der Waals surface area contributed by atoms with Crippen LogP contribution >= 0.6 is 11.3 Å². The van der Waals surface area contributed by atoms with Gasteiger partial charge in [0, 0.05) is 24.3 Å². The van der Waals surface area contributed by atoms with Crippen molar-refractivity contribution in [3.05, 3.63) is 26.6 Å². The lowest BCUT2D eigenvalue weighted by Crippen LogP contribution is -2.40. The highest BCUT2D eigenvalue weighted by Gasteiger charge is 2.33. The number of aromatic amines is 1. The standard InChI is InChI=1S/C19H23N3O4S/c1-10-4-5-11-13(9-10)27-18-16(11)17(24)20-14(21-18)6-7-15(23)22-8-2-3-12(22)19(25)26/h10,12H,2-9H2,1H3,(H,25,26)(H,20,21,24). The Hall–Kier alpha value is -2.22. The van der Waals surface area contributed by atoms with Gasteiger partial charge in [-0.3, -0.25) is 9.59 Å². The molecule has 2 aromatic rings. The molecule has 2 aromatic heterocycles. The summed E-state index contributed by atoms with van der Waals surface area (Å²) >= 11 is 1.59. The number of thiophene rings is 1. The van der Waals surface area contributed by atoms with Crippen LogP contribution < -0.4 is 5.56 Å². The van der Waals surface area contributed by atoms with Gasteiger partial charge in [-0.1, -0.05) is 6.92 Å². The number of aryl methyl sites for hydroxylation is 2. The van der Waals surface area contributed by atoms with E-state index in [-0.39, 0.29) is 17.9 Å². The Morgan fingerprint density at radius 2 is 2.19 bits per heavy atom. The van der Waals surface area contributed by atoms with E-state index in [0.29, 0.717) is 42.9 Å². The molecule has 2 aliphatic rings. The average Bonchev–Trinajstić information content (AvgIpc) is 3.23. The number of likely N-dealkylation sites (tertiary alicyclic amines) is 1. The Labute approximate surface area is 160 Å². The monoisotopic (exact) mass is 389 g/mol. The van der Waals surface area contributed by atoms with Gasteiger partial charge in [0.2, 0.25) is 5.91 Å². The number of aliphatic carboxylic acids is 1. The Bertz CT molecular complexity index is 964. The summed E-state index contributed by atoms with van der Waals surface area (Å²) in [5, 5.41) is 9.93. The van der Waals surface area contributed by atoms with E-state index >= 15 is 0 Å². The molecule has 2 unspecified atom stereocenters. The van der Waals surface area contributed by atoms with Crippen LogP contribution in [0.2, 0.25) is 0 Å². The topological polar surface area (TPSA) is 103 Å². The van der Waals surface area contributed by atoms with Crippen molar-refractivity contribution in [3.8, 4) is 0 Å². The summed E-state index contributed by atoms with van der Waals surface area (Å²) in [6, 6.07) is -0.724. The lowest BCUT2D eigenvalue weighted by molar-refractivity contribution is -0.148. The molecule has 3 heterocycles. The van der Waals surface area contributed by atoms with Gasteiger partial charge in [0.15, 0.2) is 0 Å². The number of amides is 1. The van der Waals surface area contributed by atoms with Gasteiger partial charge in [-0.25, -0.2) is 9.78 Å². The largest absolute Gasteiger partial charge is 0.480 e. The van der Waals surface area contributed by atoms with E-state index in [9.17, 15) is 19.5 Å². The molecule has 8 heteroatoms. The Kier molecular flexibility index (Phi) is 4.75. The van der Waals surface area contributed by atoms with Crippen molar-refractivity contribution in [1.82, 2.24) is 14.9 Å². The first-order valence-corrected chi connectivity index (χ1v) is 10.3. The summed E-state index contributed by atoms with van der Waals surface area (Å²) < 4.78 is 0. The summed E-state index contributed by atoms with van der Waals surface area (Å²) in [7, 11) is 0. The number of nitrogens with zero attached hydrogens (tertiary/aromatic N) is 2. The minimum Gasteiger partial charge on any atom is -0.480 e. The number of carbonyl (C=O) groups is 2. The van der Waals surface area contributed by atoms with Gasteiger partial charge in [-0.05, 0) is 43.6 Å². The first-order chi connectivity index (χ1) is 12.9. The van der Waals surface area contributed by atoms with Gasteiger partial charge in [0.25, 0.3) is 5.56 Å². The maximum absolute atomic E-state index is 12.6.